The molecule has 0 radical (unpaired) electrons. The minimum Gasteiger partial charge on any atom is -0.455 e. The Kier molecular flexibility index (Phi) is 8.86. The molecular formula is C75H45NOS2. The SMILES string of the molecule is CC12c3ccccc3-c3c(-c4cccc5c4Sc4ccccc4C54c5ccccc5-c5ccccc54)ccc(c31)N(c1ccc3c(c1)sc1ccccc13)c1cc3c(oc4ccccc43)c(-c3ccc(-c4ccccc4)cc3)c12. The fraction of sp³-hybridized carbons (Fsp3) is 0.0400. The molecule has 1 unspecified atom stereocenters. The molecule has 4 heteroatoms. The smallest absolute Gasteiger partial charge is 0.143 e. The van der Waals surface area contributed by atoms with E-state index in [0.717, 1.165) is 44.4 Å². The summed E-state index contributed by atoms with van der Waals surface area (Å²) in [5.74, 6) is 0. The van der Waals surface area contributed by atoms with E-state index in [-0.39, 0.29) is 0 Å². The maximum absolute atomic E-state index is 7.24. The quantitative estimate of drug-likeness (QED) is 0.175. The van der Waals surface area contributed by atoms with Gasteiger partial charge in [0.25, 0.3) is 0 Å². The van der Waals surface area contributed by atoms with E-state index in [1.54, 1.807) is 0 Å². The lowest BCUT2D eigenvalue weighted by atomic mass is 9.66. The lowest BCUT2D eigenvalue weighted by Gasteiger charge is -2.44. The third-order valence-electron chi connectivity index (χ3n) is 18.1. The molecule has 2 aliphatic carbocycles. The average Bonchev–Trinajstić information content (AvgIpc) is 2.96. The molecule has 79 heavy (non-hydrogen) atoms. The van der Waals surface area contributed by atoms with Crippen molar-refractivity contribution < 1.29 is 4.42 Å². The van der Waals surface area contributed by atoms with Gasteiger partial charge in [-0.15, -0.1) is 11.3 Å². The number of nitrogens with zero attached hydrogens (tertiary/aromatic N) is 1. The van der Waals surface area contributed by atoms with Gasteiger partial charge in [-0.1, -0.05) is 224 Å². The molecular weight excluding hydrogens is 995 g/mol. The van der Waals surface area contributed by atoms with Crippen LogP contribution in [0.5, 0.6) is 0 Å². The van der Waals surface area contributed by atoms with Crippen LogP contribution in [0.15, 0.2) is 269 Å². The van der Waals surface area contributed by atoms with E-state index in [2.05, 4.69) is 267 Å². The van der Waals surface area contributed by atoms with E-state index in [1.807, 2.05) is 23.1 Å². The highest BCUT2D eigenvalue weighted by Gasteiger charge is 2.53. The second-order valence-electron chi connectivity index (χ2n) is 21.9. The van der Waals surface area contributed by atoms with Crippen LogP contribution < -0.4 is 4.90 Å². The first-order valence-corrected chi connectivity index (χ1v) is 28.9. The van der Waals surface area contributed by atoms with Gasteiger partial charge in [-0.3, -0.25) is 0 Å². The first-order valence-electron chi connectivity index (χ1n) is 27.3. The van der Waals surface area contributed by atoms with Crippen LogP contribution in [0.25, 0.3) is 97.7 Å². The molecule has 1 spiro atoms. The van der Waals surface area contributed by atoms with Gasteiger partial charge in [-0.2, -0.15) is 0 Å². The van der Waals surface area contributed by atoms with Crippen LogP contribution in [-0.2, 0) is 10.8 Å². The molecule has 0 bridgehead atoms. The molecule has 1 atom stereocenters. The Balaban J connectivity index is 0.959. The van der Waals surface area contributed by atoms with Gasteiger partial charge in [0.15, 0.2) is 0 Å². The highest BCUT2D eigenvalue weighted by atomic mass is 32.2. The molecule has 12 aromatic carbocycles. The Bertz CT molecular complexity index is 4920. The number of anilines is 3. The molecule has 14 aromatic rings. The molecule has 18 rings (SSSR count). The highest BCUT2D eigenvalue weighted by molar-refractivity contribution is 7.99. The van der Waals surface area contributed by atoms with Crippen LogP contribution in [0.4, 0.5) is 17.1 Å². The van der Waals surface area contributed by atoms with Gasteiger partial charge in [0, 0.05) is 63.0 Å². The zero-order chi connectivity index (χ0) is 51.7. The van der Waals surface area contributed by atoms with Gasteiger partial charge in [0.05, 0.1) is 16.8 Å². The molecule has 0 N–H and O–H groups in total. The topological polar surface area (TPSA) is 16.4 Å². The van der Waals surface area contributed by atoms with Crippen molar-refractivity contribution in [3.63, 3.8) is 0 Å². The number of hydrogen-bond donors (Lipinski definition) is 0. The van der Waals surface area contributed by atoms with E-state index in [1.165, 1.54) is 119 Å². The van der Waals surface area contributed by atoms with Crippen molar-refractivity contribution in [2.75, 3.05) is 4.90 Å². The fourth-order valence-electron chi connectivity index (χ4n) is 14.9. The third-order valence-corrected chi connectivity index (χ3v) is 20.5. The Morgan fingerprint density at radius 3 is 1.80 bits per heavy atom. The van der Waals surface area contributed by atoms with Crippen molar-refractivity contribution in [1.29, 1.82) is 0 Å². The summed E-state index contributed by atoms with van der Waals surface area (Å²) in [4.78, 5) is 5.20. The number of benzene rings is 12. The summed E-state index contributed by atoms with van der Waals surface area (Å²) in [5.41, 5.74) is 25.7. The summed E-state index contributed by atoms with van der Waals surface area (Å²) in [6.45, 7) is 2.51. The predicted molar refractivity (Wildman–Crippen MR) is 330 cm³/mol. The highest BCUT2D eigenvalue weighted by Crippen LogP contribution is 2.69. The van der Waals surface area contributed by atoms with Gasteiger partial charge >= 0.3 is 0 Å². The number of fused-ring (bicyclic) bond motifs is 20. The normalized spacial score (nSPS) is 15.7. The van der Waals surface area contributed by atoms with Crippen LogP contribution in [0.3, 0.4) is 0 Å². The number of hydrogen-bond acceptors (Lipinski definition) is 4. The Morgan fingerprint density at radius 1 is 0.380 bits per heavy atom. The summed E-state index contributed by atoms with van der Waals surface area (Å²) in [5, 5.41) is 4.80. The predicted octanol–water partition coefficient (Wildman–Crippen LogP) is 20.9. The molecule has 0 saturated heterocycles. The van der Waals surface area contributed by atoms with Crippen molar-refractivity contribution in [2.45, 2.75) is 27.5 Å². The summed E-state index contributed by atoms with van der Waals surface area (Å²) in [6.07, 6.45) is 0. The number of para-hydroxylation sites is 1. The van der Waals surface area contributed by atoms with Gasteiger partial charge in [-0.05, 0) is 133 Å². The van der Waals surface area contributed by atoms with Crippen molar-refractivity contribution in [3.05, 3.63) is 294 Å². The number of furan rings is 1. The molecule has 2 aromatic heterocycles. The Morgan fingerprint density at radius 2 is 0.987 bits per heavy atom. The van der Waals surface area contributed by atoms with Crippen molar-refractivity contribution in [2.24, 2.45) is 0 Å². The van der Waals surface area contributed by atoms with Gasteiger partial charge in [-0.25, -0.2) is 0 Å². The van der Waals surface area contributed by atoms with Crippen LogP contribution >= 0.6 is 23.1 Å². The largest absolute Gasteiger partial charge is 0.455 e. The minimum atomic E-state index is -0.620. The van der Waals surface area contributed by atoms with E-state index < -0.39 is 10.8 Å². The van der Waals surface area contributed by atoms with E-state index in [4.69, 9.17) is 4.42 Å². The van der Waals surface area contributed by atoms with E-state index >= 15 is 0 Å². The van der Waals surface area contributed by atoms with Crippen LogP contribution in [0.2, 0.25) is 0 Å². The van der Waals surface area contributed by atoms with Crippen LogP contribution in [0.1, 0.15) is 45.9 Å². The first-order chi connectivity index (χ1) is 39.1. The summed E-state index contributed by atoms with van der Waals surface area (Å²) >= 11 is 3.81. The van der Waals surface area contributed by atoms with Gasteiger partial charge in [0.1, 0.15) is 11.2 Å². The van der Waals surface area contributed by atoms with E-state index in [9.17, 15) is 0 Å². The minimum absolute atomic E-state index is 0.495. The molecule has 0 amide bonds. The monoisotopic (exact) mass is 1040 g/mol. The molecule has 4 aliphatic rings. The van der Waals surface area contributed by atoms with E-state index in [0.29, 0.717) is 0 Å². The molecule has 2 nitrogen and oxygen atoms in total. The third kappa shape index (κ3) is 5.67. The average molecular weight is 1040 g/mol. The first kappa shape index (κ1) is 43.9. The summed E-state index contributed by atoms with van der Waals surface area (Å²) in [7, 11) is 0. The molecule has 0 fully saturated rings. The number of thiophene rings is 1. The van der Waals surface area contributed by atoms with Gasteiger partial charge in [0.2, 0.25) is 0 Å². The Hall–Kier alpha value is -9.19. The molecule has 0 saturated carbocycles. The molecule has 2 aliphatic heterocycles. The maximum Gasteiger partial charge on any atom is 0.143 e. The van der Waals surface area contributed by atoms with Crippen molar-refractivity contribution in [1.82, 2.24) is 0 Å². The Labute approximate surface area is 465 Å². The standard InChI is InChI=1S/C75H45NOS2/c1-74-57-26-10-7-24-55(57)69-53(54-25-17-30-61-73(54)79-66-33-16-13-29-60(66)75(61)58-27-11-5-20-48(58)49-21-6-12-28-59(49)75)40-41-62(70(69)74)76(47-38-39-52-51-23-9-15-32-65(51)78-67(52)42-47)63-43-56-50-22-8-14-31-64(50)77-72(56)68(71(63)74)46-36-34-45(35-37-46)44-18-3-2-4-19-44/h2-43H,1H3. The van der Waals surface area contributed by atoms with Crippen molar-refractivity contribution >= 4 is 82.3 Å². The second-order valence-corrected chi connectivity index (χ2v) is 24.0. The number of rotatable bonds is 4. The molecule has 4 heterocycles. The maximum atomic E-state index is 7.24. The van der Waals surface area contributed by atoms with Crippen molar-refractivity contribution in [3.8, 4) is 55.6 Å². The van der Waals surface area contributed by atoms with Crippen LogP contribution in [0, 0.1) is 0 Å². The summed E-state index contributed by atoms with van der Waals surface area (Å²) in [6, 6.07) is 95.8. The van der Waals surface area contributed by atoms with Gasteiger partial charge < -0.3 is 9.32 Å². The second kappa shape index (κ2) is 16.0. The summed E-state index contributed by atoms with van der Waals surface area (Å²) < 4.78 is 9.81. The zero-order valence-corrected chi connectivity index (χ0v) is 44.6. The fourth-order valence-corrected chi connectivity index (χ4v) is 17.4. The lowest BCUT2D eigenvalue weighted by Crippen LogP contribution is -2.33. The molecule has 368 valence electrons. The van der Waals surface area contributed by atoms with Crippen LogP contribution in [-0.4, -0.2) is 0 Å². The lowest BCUT2D eigenvalue weighted by molar-refractivity contribution is 0.662. The zero-order valence-electron chi connectivity index (χ0n) is 42.9.